The third-order valence-electron chi connectivity index (χ3n) is 1.63. The lowest BCUT2D eigenvalue weighted by Gasteiger charge is -2.04. The zero-order valence-electron chi connectivity index (χ0n) is 8.49. The summed E-state index contributed by atoms with van der Waals surface area (Å²) in [6, 6.07) is 6.78. The average Bonchev–Trinajstić information content (AvgIpc) is 2.23. The van der Waals surface area contributed by atoms with Crippen LogP contribution < -0.4 is 4.74 Å². The van der Waals surface area contributed by atoms with E-state index >= 15 is 0 Å². The molecule has 1 aromatic rings. The molecule has 0 unspecified atom stereocenters. The summed E-state index contributed by atoms with van der Waals surface area (Å²) in [6.07, 6.45) is -3.21. The van der Waals surface area contributed by atoms with Gasteiger partial charge in [-0.2, -0.15) is 13.2 Å². The van der Waals surface area contributed by atoms with Crippen LogP contribution in [0.2, 0.25) is 0 Å². The number of ether oxygens (including phenoxy) is 1. The molecule has 88 valence electrons. The van der Waals surface area contributed by atoms with Gasteiger partial charge in [0.05, 0.1) is 13.3 Å². The molecule has 0 bridgehead atoms. The Balaban J connectivity index is 2.56. The average molecular weight is 233 g/mol. The van der Waals surface area contributed by atoms with Crippen molar-refractivity contribution in [1.82, 2.24) is 0 Å². The largest absolute Gasteiger partial charge is 0.496 e. The molecule has 0 saturated carbocycles. The number of nitrogens with zero attached hydrogens (tertiary/aromatic N) is 1. The van der Waals surface area contributed by atoms with Gasteiger partial charge in [-0.1, -0.05) is 17.3 Å². The van der Waals surface area contributed by atoms with Crippen molar-refractivity contribution in [3.8, 4) is 5.75 Å². The normalized spacial score (nSPS) is 11.8. The van der Waals surface area contributed by atoms with E-state index in [-0.39, 0.29) is 0 Å². The Morgan fingerprint density at radius 2 is 2.00 bits per heavy atom. The minimum atomic E-state index is -4.38. The fourth-order valence-corrected chi connectivity index (χ4v) is 0.978. The molecule has 16 heavy (non-hydrogen) atoms. The van der Waals surface area contributed by atoms with E-state index in [0.717, 1.165) is 0 Å². The van der Waals surface area contributed by atoms with Gasteiger partial charge in [-0.05, 0) is 12.1 Å². The summed E-state index contributed by atoms with van der Waals surface area (Å²) < 4.78 is 40.1. The Labute approximate surface area is 90.5 Å². The van der Waals surface area contributed by atoms with Crippen LogP contribution in [0.25, 0.3) is 0 Å². The van der Waals surface area contributed by atoms with Crippen molar-refractivity contribution in [3.63, 3.8) is 0 Å². The highest BCUT2D eigenvalue weighted by atomic mass is 19.4. The maximum absolute atomic E-state index is 11.7. The first-order chi connectivity index (χ1) is 7.53. The zero-order valence-corrected chi connectivity index (χ0v) is 8.49. The van der Waals surface area contributed by atoms with Crippen LogP contribution in [-0.4, -0.2) is 26.1 Å². The van der Waals surface area contributed by atoms with Gasteiger partial charge in [-0.3, -0.25) is 0 Å². The van der Waals surface area contributed by atoms with Gasteiger partial charge in [0.25, 0.3) is 0 Å². The Kier molecular flexibility index (Phi) is 4.16. The minimum absolute atomic E-state index is 0.516. The van der Waals surface area contributed by atoms with Crippen LogP contribution in [0.1, 0.15) is 5.56 Å². The predicted octanol–water partition coefficient (Wildman–Crippen LogP) is 2.61. The monoisotopic (exact) mass is 233 g/mol. The molecule has 6 heteroatoms. The molecule has 1 rings (SSSR count). The minimum Gasteiger partial charge on any atom is -0.496 e. The number of methoxy groups -OCH3 is 1. The van der Waals surface area contributed by atoms with Crippen LogP contribution in [0.3, 0.4) is 0 Å². The molecule has 0 amide bonds. The maximum Gasteiger partial charge on any atom is 0.425 e. The van der Waals surface area contributed by atoms with Gasteiger partial charge in [0.15, 0.2) is 0 Å². The quantitative estimate of drug-likeness (QED) is 0.591. The molecule has 0 aromatic heterocycles. The fraction of sp³-hybridized carbons (Fsp3) is 0.300. The molecule has 0 spiro atoms. The molecule has 3 nitrogen and oxygen atoms in total. The molecule has 0 heterocycles. The smallest absolute Gasteiger partial charge is 0.425 e. The van der Waals surface area contributed by atoms with Gasteiger partial charge in [-0.25, -0.2) is 0 Å². The summed E-state index contributed by atoms with van der Waals surface area (Å²) in [7, 11) is 1.46. The van der Waals surface area contributed by atoms with E-state index < -0.39 is 12.8 Å². The fourth-order valence-electron chi connectivity index (χ4n) is 0.978. The van der Waals surface area contributed by atoms with Gasteiger partial charge in [0.2, 0.25) is 6.61 Å². The standard InChI is InChI=1S/C10H10F3NO2/c1-15-9-5-3-2-4-8(9)6-14-16-7-10(11,12)13/h2-6H,7H2,1H3. The topological polar surface area (TPSA) is 30.8 Å². The second kappa shape index (κ2) is 5.39. The molecule has 0 radical (unpaired) electrons. The summed E-state index contributed by atoms with van der Waals surface area (Å²) >= 11 is 0. The number of oxime groups is 1. The van der Waals surface area contributed by atoms with E-state index in [2.05, 4.69) is 9.99 Å². The number of benzene rings is 1. The Hall–Kier alpha value is -1.72. The molecule has 0 aliphatic heterocycles. The molecule has 0 N–H and O–H groups in total. The Morgan fingerprint density at radius 3 is 2.62 bits per heavy atom. The number of para-hydroxylation sites is 1. The number of hydrogen-bond acceptors (Lipinski definition) is 3. The van der Waals surface area contributed by atoms with Gasteiger partial charge in [0, 0.05) is 5.56 Å². The molecule has 0 atom stereocenters. The summed E-state index contributed by atoms with van der Waals surface area (Å²) in [6.45, 7) is -1.40. The first-order valence-corrected chi connectivity index (χ1v) is 4.38. The van der Waals surface area contributed by atoms with Crippen molar-refractivity contribution in [2.45, 2.75) is 6.18 Å². The van der Waals surface area contributed by atoms with Crippen LogP contribution in [0, 0.1) is 0 Å². The SMILES string of the molecule is COc1ccccc1C=NOCC(F)(F)F. The molecule has 0 saturated heterocycles. The second-order valence-electron chi connectivity index (χ2n) is 2.87. The van der Waals surface area contributed by atoms with Crippen LogP contribution >= 0.6 is 0 Å². The van der Waals surface area contributed by atoms with E-state index in [0.29, 0.717) is 11.3 Å². The highest BCUT2D eigenvalue weighted by Crippen LogP contribution is 2.16. The van der Waals surface area contributed by atoms with E-state index in [1.54, 1.807) is 24.3 Å². The molecular formula is C10H10F3NO2. The Bertz CT molecular complexity index is 363. The molecule has 0 aliphatic rings. The van der Waals surface area contributed by atoms with Crippen LogP contribution in [0.5, 0.6) is 5.75 Å². The van der Waals surface area contributed by atoms with E-state index in [4.69, 9.17) is 4.74 Å². The number of halogens is 3. The highest BCUT2D eigenvalue weighted by Gasteiger charge is 2.28. The first kappa shape index (κ1) is 12.4. The third-order valence-corrected chi connectivity index (χ3v) is 1.63. The molecular weight excluding hydrogens is 223 g/mol. The van der Waals surface area contributed by atoms with Crippen molar-refractivity contribution >= 4 is 6.21 Å². The molecule has 1 aromatic carbocycles. The third kappa shape index (κ3) is 4.20. The van der Waals surface area contributed by atoms with Crippen LogP contribution in [0.15, 0.2) is 29.4 Å². The number of alkyl halides is 3. The predicted molar refractivity (Wildman–Crippen MR) is 52.6 cm³/mol. The van der Waals surface area contributed by atoms with Crippen molar-refractivity contribution < 1.29 is 22.7 Å². The summed E-state index contributed by atoms with van der Waals surface area (Å²) in [4.78, 5) is 4.09. The van der Waals surface area contributed by atoms with Crippen molar-refractivity contribution in [2.24, 2.45) is 5.16 Å². The van der Waals surface area contributed by atoms with E-state index in [1.165, 1.54) is 13.3 Å². The summed E-state index contributed by atoms with van der Waals surface area (Å²) in [5.74, 6) is 0.516. The van der Waals surface area contributed by atoms with Gasteiger partial charge in [-0.15, -0.1) is 0 Å². The number of rotatable bonds is 4. The molecule has 0 fully saturated rings. The molecule has 0 aliphatic carbocycles. The van der Waals surface area contributed by atoms with Crippen molar-refractivity contribution in [2.75, 3.05) is 13.7 Å². The van der Waals surface area contributed by atoms with Gasteiger partial charge in [0.1, 0.15) is 5.75 Å². The number of hydrogen-bond donors (Lipinski definition) is 0. The second-order valence-corrected chi connectivity index (χ2v) is 2.87. The van der Waals surface area contributed by atoms with Crippen molar-refractivity contribution in [3.05, 3.63) is 29.8 Å². The first-order valence-electron chi connectivity index (χ1n) is 4.38. The van der Waals surface area contributed by atoms with Crippen LogP contribution in [-0.2, 0) is 4.84 Å². The maximum atomic E-state index is 11.7. The highest BCUT2D eigenvalue weighted by molar-refractivity contribution is 5.82. The van der Waals surface area contributed by atoms with E-state index in [1.807, 2.05) is 0 Å². The lowest BCUT2D eigenvalue weighted by molar-refractivity contribution is -0.173. The lowest BCUT2D eigenvalue weighted by Crippen LogP contribution is -2.14. The zero-order chi connectivity index (χ0) is 12.0. The lowest BCUT2D eigenvalue weighted by atomic mass is 10.2. The Morgan fingerprint density at radius 1 is 1.31 bits per heavy atom. The summed E-state index contributed by atoms with van der Waals surface area (Å²) in [5.41, 5.74) is 0.548. The summed E-state index contributed by atoms with van der Waals surface area (Å²) in [5, 5.41) is 3.21. The van der Waals surface area contributed by atoms with Gasteiger partial charge >= 0.3 is 6.18 Å². The van der Waals surface area contributed by atoms with Gasteiger partial charge < -0.3 is 9.57 Å². The van der Waals surface area contributed by atoms with Crippen LogP contribution in [0.4, 0.5) is 13.2 Å². The van der Waals surface area contributed by atoms with E-state index in [9.17, 15) is 13.2 Å². The van der Waals surface area contributed by atoms with Crippen molar-refractivity contribution in [1.29, 1.82) is 0 Å².